The summed E-state index contributed by atoms with van der Waals surface area (Å²) in [5, 5.41) is 0. The zero-order valence-electron chi connectivity index (χ0n) is 8.92. The summed E-state index contributed by atoms with van der Waals surface area (Å²) in [5.74, 6) is 0.905. The first-order chi connectivity index (χ1) is 7.45. The normalized spacial score (nSPS) is 13.8. The standard InChI is InChI=1S/C11H14F3NS/c1-16-7-6-10(15)8-2-4-9(5-3-8)11(12,13)14/h2-5,10H,6-7,15H2,1H3. The van der Waals surface area contributed by atoms with Gasteiger partial charge in [-0.1, -0.05) is 12.1 Å². The average Bonchev–Trinajstić information content (AvgIpc) is 2.25. The number of benzene rings is 1. The highest BCUT2D eigenvalue weighted by Crippen LogP contribution is 2.30. The molecule has 0 saturated heterocycles. The van der Waals surface area contributed by atoms with Crippen molar-refractivity contribution < 1.29 is 13.2 Å². The van der Waals surface area contributed by atoms with Crippen LogP contribution in [-0.4, -0.2) is 12.0 Å². The molecule has 1 rings (SSSR count). The van der Waals surface area contributed by atoms with Gasteiger partial charge in [0.05, 0.1) is 5.56 Å². The molecule has 0 aliphatic heterocycles. The summed E-state index contributed by atoms with van der Waals surface area (Å²) in [7, 11) is 0. The molecule has 0 aliphatic carbocycles. The van der Waals surface area contributed by atoms with E-state index in [2.05, 4.69) is 0 Å². The summed E-state index contributed by atoms with van der Waals surface area (Å²) >= 11 is 1.67. The van der Waals surface area contributed by atoms with Crippen molar-refractivity contribution in [3.05, 3.63) is 35.4 Å². The van der Waals surface area contributed by atoms with Crippen molar-refractivity contribution in [3.8, 4) is 0 Å². The van der Waals surface area contributed by atoms with E-state index in [-0.39, 0.29) is 6.04 Å². The molecule has 0 heterocycles. The minimum Gasteiger partial charge on any atom is -0.324 e. The lowest BCUT2D eigenvalue weighted by Crippen LogP contribution is -2.12. The van der Waals surface area contributed by atoms with Gasteiger partial charge in [0.2, 0.25) is 0 Å². The monoisotopic (exact) mass is 249 g/mol. The predicted octanol–water partition coefficient (Wildman–Crippen LogP) is 3.46. The SMILES string of the molecule is CSCCC(N)c1ccc(C(F)(F)F)cc1. The minimum atomic E-state index is -4.28. The summed E-state index contributed by atoms with van der Waals surface area (Å²) in [6.45, 7) is 0. The fraction of sp³-hybridized carbons (Fsp3) is 0.455. The van der Waals surface area contributed by atoms with Crippen LogP contribution in [0.4, 0.5) is 13.2 Å². The third kappa shape index (κ3) is 3.72. The predicted molar refractivity (Wildman–Crippen MR) is 61.4 cm³/mol. The van der Waals surface area contributed by atoms with E-state index in [0.29, 0.717) is 0 Å². The summed E-state index contributed by atoms with van der Waals surface area (Å²) in [5.41, 5.74) is 5.97. The lowest BCUT2D eigenvalue weighted by molar-refractivity contribution is -0.137. The Bertz CT molecular complexity index is 321. The number of alkyl halides is 3. The van der Waals surface area contributed by atoms with Gasteiger partial charge < -0.3 is 5.73 Å². The van der Waals surface area contributed by atoms with Gasteiger partial charge in [-0.25, -0.2) is 0 Å². The van der Waals surface area contributed by atoms with Gasteiger partial charge in [0, 0.05) is 6.04 Å². The third-order valence-corrected chi connectivity index (χ3v) is 2.94. The smallest absolute Gasteiger partial charge is 0.324 e. The van der Waals surface area contributed by atoms with E-state index >= 15 is 0 Å². The van der Waals surface area contributed by atoms with Crippen LogP contribution in [0.2, 0.25) is 0 Å². The van der Waals surface area contributed by atoms with Gasteiger partial charge in [-0.05, 0) is 36.1 Å². The number of nitrogens with two attached hydrogens (primary N) is 1. The molecule has 2 N–H and O–H groups in total. The van der Waals surface area contributed by atoms with Crippen molar-refractivity contribution >= 4 is 11.8 Å². The highest BCUT2D eigenvalue weighted by Gasteiger charge is 2.30. The molecule has 0 bridgehead atoms. The van der Waals surface area contributed by atoms with Crippen LogP contribution in [-0.2, 0) is 6.18 Å². The van der Waals surface area contributed by atoms with E-state index in [4.69, 9.17) is 5.73 Å². The van der Waals surface area contributed by atoms with E-state index in [1.165, 1.54) is 12.1 Å². The molecule has 0 aromatic heterocycles. The van der Waals surface area contributed by atoms with Crippen molar-refractivity contribution in [1.82, 2.24) is 0 Å². The zero-order chi connectivity index (χ0) is 12.2. The second-order valence-corrected chi connectivity index (χ2v) is 4.49. The van der Waals surface area contributed by atoms with Gasteiger partial charge in [0.1, 0.15) is 0 Å². The van der Waals surface area contributed by atoms with Gasteiger partial charge in [0.25, 0.3) is 0 Å². The molecule has 1 atom stereocenters. The van der Waals surface area contributed by atoms with Crippen LogP contribution < -0.4 is 5.73 Å². The lowest BCUT2D eigenvalue weighted by Gasteiger charge is -2.12. The topological polar surface area (TPSA) is 26.0 Å². The van der Waals surface area contributed by atoms with Crippen molar-refractivity contribution in [1.29, 1.82) is 0 Å². The highest BCUT2D eigenvalue weighted by molar-refractivity contribution is 7.98. The molecule has 0 fully saturated rings. The second-order valence-electron chi connectivity index (χ2n) is 3.51. The molecule has 0 aliphatic rings. The van der Waals surface area contributed by atoms with E-state index < -0.39 is 11.7 Å². The molecule has 1 aromatic rings. The molecule has 90 valence electrons. The van der Waals surface area contributed by atoms with Crippen LogP contribution in [0, 0.1) is 0 Å². The van der Waals surface area contributed by atoms with Crippen LogP contribution in [0.3, 0.4) is 0 Å². The molecule has 0 radical (unpaired) electrons. The molecule has 1 unspecified atom stereocenters. The third-order valence-electron chi connectivity index (χ3n) is 2.30. The first-order valence-electron chi connectivity index (χ1n) is 4.87. The molecule has 0 saturated carbocycles. The van der Waals surface area contributed by atoms with E-state index in [9.17, 15) is 13.2 Å². The Morgan fingerprint density at radius 1 is 1.25 bits per heavy atom. The fourth-order valence-corrected chi connectivity index (χ4v) is 1.82. The van der Waals surface area contributed by atoms with Crippen molar-refractivity contribution in [2.45, 2.75) is 18.6 Å². The Labute approximate surface area is 97.2 Å². The molecular weight excluding hydrogens is 235 g/mol. The van der Waals surface area contributed by atoms with Crippen LogP contribution in [0.5, 0.6) is 0 Å². The molecule has 0 amide bonds. The molecule has 16 heavy (non-hydrogen) atoms. The summed E-state index contributed by atoms with van der Waals surface area (Å²) < 4.78 is 36.9. The van der Waals surface area contributed by atoms with Crippen LogP contribution >= 0.6 is 11.8 Å². The minimum absolute atomic E-state index is 0.185. The molecule has 1 nitrogen and oxygen atoms in total. The highest BCUT2D eigenvalue weighted by atomic mass is 32.2. The zero-order valence-corrected chi connectivity index (χ0v) is 9.74. The molecule has 0 spiro atoms. The number of hydrogen-bond acceptors (Lipinski definition) is 2. The first-order valence-corrected chi connectivity index (χ1v) is 6.26. The molecular formula is C11H14F3NS. The maximum Gasteiger partial charge on any atom is 0.416 e. The van der Waals surface area contributed by atoms with Crippen molar-refractivity contribution in [2.75, 3.05) is 12.0 Å². The van der Waals surface area contributed by atoms with Gasteiger partial charge in [-0.15, -0.1) is 0 Å². The quantitative estimate of drug-likeness (QED) is 0.884. The molecule has 1 aromatic carbocycles. The van der Waals surface area contributed by atoms with Crippen molar-refractivity contribution in [2.24, 2.45) is 5.73 Å². The largest absolute Gasteiger partial charge is 0.416 e. The maximum atomic E-state index is 12.3. The van der Waals surface area contributed by atoms with E-state index in [1.54, 1.807) is 11.8 Å². The Morgan fingerprint density at radius 2 is 1.81 bits per heavy atom. The van der Waals surface area contributed by atoms with Gasteiger partial charge in [-0.2, -0.15) is 24.9 Å². The Morgan fingerprint density at radius 3 is 2.25 bits per heavy atom. The van der Waals surface area contributed by atoms with Crippen LogP contribution in [0.1, 0.15) is 23.6 Å². The summed E-state index contributed by atoms with van der Waals surface area (Å²) in [6.07, 6.45) is -1.53. The first kappa shape index (κ1) is 13.4. The van der Waals surface area contributed by atoms with E-state index in [1.807, 2.05) is 6.26 Å². The van der Waals surface area contributed by atoms with Gasteiger partial charge >= 0.3 is 6.18 Å². The number of thioether (sulfide) groups is 1. The number of halogens is 3. The summed E-state index contributed by atoms with van der Waals surface area (Å²) in [4.78, 5) is 0. The second kappa shape index (κ2) is 5.59. The van der Waals surface area contributed by atoms with E-state index in [0.717, 1.165) is 29.9 Å². The fourth-order valence-electron chi connectivity index (χ4n) is 1.33. The average molecular weight is 249 g/mol. The van der Waals surface area contributed by atoms with Gasteiger partial charge in [0.15, 0.2) is 0 Å². The van der Waals surface area contributed by atoms with Gasteiger partial charge in [-0.3, -0.25) is 0 Å². The van der Waals surface area contributed by atoms with Crippen molar-refractivity contribution in [3.63, 3.8) is 0 Å². The lowest BCUT2D eigenvalue weighted by atomic mass is 10.0. The summed E-state index contributed by atoms with van der Waals surface area (Å²) in [6, 6.07) is 4.87. The molecule has 5 heteroatoms. The Hall–Kier alpha value is -0.680. The Kier molecular flexibility index (Phi) is 4.68. The number of rotatable bonds is 4. The maximum absolute atomic E-state index is 12.3. The van der Waals surface area contributed by atoms with Crippen LogP contribution in [0.25, 0.3) is 0 Å². The Balaban J connectivity index is 2.71. The number of hydrogen-bond donors (Lipinski definition) is 1. The van der Waals surface area contributed by atoms with Crippen LogP contribution in [0.15, 0.2) is 24.3 Å².